The molecule has 24 heavy (non-hydrogen) atoms. The Morgan fingerprint density at radius 3 is 2.50 bits per heavy atom. The number of ether oxygens (including phenoxy) is 2. The zero-order valence-corrected chi connectivity index (χ0v) is 14.8. The quantitative estimate of drug-likeness (QED) is 0.775. The number of hydrogen-bond acceptors (Lipinski definition) is 3. The van der Waals surface area contributed by atoms with Crippen molar-refractivity contribution < 1.29 is 14.3 Å². The molecule has 4 nitrogen and oxygen atoms in total. The fourth-order valence-electron chi connectivity index (χ4n) is 2.86. The largest absolute Gasteiger partial charge is 0.497 e. The second kappa shape index (κ2) is 8.39. The summed E-state index contributed by atoms with van der Waals surface area (Å²) in [6.45, 7) is 4.68. The Labute approximate surface area is 144 Å². The van der Waals surface area contributed by atoms with E-state index in [-0.39, 0.29) is 11.9 Å². The normalized spacial score (nSPS) is 11.7. The van der Waals surface area contributed by atoms with Crippen LogP contribution in [0.2, 0.25) is 0 Å². The van der Waals surface area contributed by atoms with Crippen molar-refractivity contribution >= 4 is 5.91 Å². The first kappa shape index (κ1) is 17.9. The molecule has 0 bridgehead atoms. The van der Waals surface area contributed by atoms with Gasteiger partial charge in [-0.05, 0) is 37.6 Å². The molecule has 0 aliphatic heterocycles. The van der Waals surface area contributed by atoms with Gasteiger partial charge in [0.15, 0.2) is 0 Å². The van der Waals surface area contributed by atoms with Crippen LogP contribution >= 0.6 is 0 Å². The minimum atomic E-state index is -0.0210. The van der Waals surface area contributed by atoms with E-state index in [1.807, 2.05) is 67.3 Å². The summed E-state index contributed by atoms with van der Waals surface area (Å²) in [5.41, 5.74) is 1.96. The lowest BCUT2D eigenvalue weighted by Crippen LogP contribution is -2.34. The average molecular weight is 327 g/mol. The van der Waals surface area contributed by atoms with Crippen molar-refractivity contribution in [1.29, 1.82) is 0 Å². The Morgan fingerprint density at radius 2 is 1.83 bits per heavy atom. The monoisotopic (exact) mass is 327 g/mol. The minimum Gasteiger partial charge on any atom is -0.497 e. The van der Waals surface area contributed by atoms with Crippen LogP contribution in [-0.2, 0) is 11.2 Å². The maximum absolute atomic E-state index is 12.8. The van der Waals surface area contributed by atoms with Gasteiger partial charge in [-0.3, -0.25) is 4.79 Å². The van der Waals surface area contributed by atoms with Gasteiger partial charge >= 0.3 is 0 Å². The van der Waals surface area contributed by atoms with Crippen LogP contribution < -0.4 is 9.47 Å². The molecular weight excluding hydrogens is 302 g/mol. The molecule has 0 aliphatic carbocycles. The maximum Gasteiger partial charge on any atom is 0.227 e. The van der Waals surface area contributed by atoms with Gasteiger partial charge in [0.05, 0.1) is 26.7 Å². The van der Waals surface area contributed by atoms with E-state index >= 15 is 0 Å². The summed E-state index contributed by atoms with van der Waals surface area (Å²) in [6, 6.07) is 15.5. The fraction of sp³-hybridized carbons (Fsp3) is 0.350. The maximum atomic E-state index is 12.8. The molecule has 1 atom stereocenters. The van der Waals surface area contributed by atoms with Crippen LogP contribution in [0.4, 0.5) is 0 Å². The smallest absolute Gasteiger partial charge is 0.227 e. The first-order chi connectivity index (χ1) is 11.6. The van der Waals surface area contributed by atoms with E-state index < -0.39 is 0 Å². The van der Waals surface area contributed by atoms with Crippen molar-refractivity contribution in [3.05, 3.63) is 59.7 Å². The highest BCUT2D eigenvalue weighted by atomic mass is 16.5. The number of amides is 1. The fourth-order valence-corrected chi connectivity index (χ4v) is 2.86. The molecule has 0 N–H and O–H groups in total. The molecule has 4 heteroatoms. The highest BCUT2D eigenvalue weighted by molar-refractivity contribution is 5.80. The topological polar surface area (TPSA) is 38.8 Å². The molecule has 1 amide bonds. The molecule has 0 fully saturated rings. The van der Waals surface area contributed by atoms with Gasteiger partial charge in [-0.2, -0.15) is 0 Å². The zero-order chi connectivity index (χ0) is 17.5. The van der Waals surface area contributed by atoms with Gasteiger partial charge in [0.2, 0.25) is 5.91 Å². The van der Waals surface area contributed by atoms with Crippen LogP contribution in [0, 0.1) is 0 Å². The van der Waals surface area contributed by atoms with Crippen molar-refractivity contribution in [3.63, 3.8) is 0 Å². The number of carbonyl (C=O) groups excluding carboxylic acids is 1. The molecule has 0 spiro atoms. The molecule has 0 aliphatic rings. The predicted molar refractivity (Wildman–Crippen MR) is 95.5 cm³/mol. The van der Waals surface area contributed by atoms with E-state index in [4.69, 9.17) is 9.47 Å². The van der Waals surface area contributed by atoms with Crippen LogP contribution in [0.15, 0.2) is 48.5 Å². The number of methoxy groups -OCH3 is 2. The van der Waals surface area contributed by atoms with Crippen molar-refractivity contribution in [2.75, 3.05) is 20.8 Å². The predicted octanol–water partition coefficient (Wildman–Crippen LogP) is 3.86. The van der Waals surface area contributed by atoms with Crippen molar-refractivity contribution in [2.24, 2.45) is 0 Å². The summed E-state index contributed by atoms with van der Waals surface area (Å²) in [5, 5.41) is 0. The first-order valence-corrected chi connectivity index (χ1v) is 8.16. The van der Waals surface area contributed by atoms with Crippen molar-refractivity contribution in [1.82, 2.24) is 4.90 Å². The molecule has 0 saturated carbocycles. The van der Waals surface area contributed by atoms with Gasteiger partial charge in [-0.15, -0.1) is 0 Å². The SMILES string of the molecule is CCN(C(=O)Cc1ccccc1OC)C(C)c1cccc(OC)c1. The highest BCUT2D eigenvalue weighted by Gasteiger charge is 2.21. The molecule has 2 aromatic carbocycles. The van der Waals surface area contributed by atoms with Crippen molar-refractivity contribution in [2.45, 2.75) is 26.3 Å². The number of para-hydroxylation sites is 1. The number of rotatable bonds is 7. The standard InChI is InChI=1S/C20H25NO3/c1-5-21(15(2)16-10-8-11-18(13-16)23-3)20(22)14-17-9-6-7-12-19(17)24-4/h6-13,15H,5,14H2,1-4H3. The number of hydrogen-bond donors (Lipinski definition) is 0. The van der Waals surface area contributed by atoms with Crippen molar-refractivity contribution in [3.8, 4) is 11.5 Å². The lowest BCUT2D eigenvalue weighted by atomic mass is 10.0. The Bertz CT molecular complexity index is 684. The van der Waals surface area contributed by atoms with Crippen LogP contribution in [0.1, 0.15) is 31.0 Å². The third kappa shape index (κ3) is 4.07. The van der Waals surface area contributed by atoms with Crippen LogP contribution in [0.5, 0.6) is 11.5 Å². The van der Waals surface area contributed by atoms with E-state index in [1.54, 1.807) is 14.2 Å². The summed E-state index contributed by atoms with van der Waals surface area (Å²) >= 11 is 0. The molecular formula is C20H25NO3. The second-order valence-electron chi connectivity index (χ2n) is 5.62. The van der Waals surface area contributed by atoms with Gasteiger partial charge in [0.1, 0.15) is 11.5 Å². The summed E-state index contributed by atoms with van der Waals surface area (Å²) in [7, 11) is 3.27. The second-order valence-corrected chi connectivity index (χ2v) is 5.62. The Morgan fingerprint density at radius 1 is 1.08 bits per heavy atom. The summed E-state index contributed by atoms with van der Waals surface area (Å²) in [5.74, 6) is 1.63. The summed E-state index contributed by atoms with van der Waals surface area (Å²) < 4.78 is 10.6. The lowest BCUT2D eigenvalue weighted by molar-refractivity contribution is -0.132. The summed E-state index contributed by atoms with van der Waals surface area (Å²) in [6.07, 6.45) is 0.326. The molecule has 0 saturated heterocycles. The molecule has 128 valence electrons. The van der Waals surface area contributed by atoms with E-state index in [9.17, 15) is 4.79 Å². The highest BCUT2D eigenvalue weighted by Crippen LogP contribution is 2.25. The third-order valence-corrected chi connectivity index (χ3v) is 4.24. The zero-order valence-electron chi connectivity index (χ0n) is 14.8. The Balaban J connectivity index is 2.18. The van der Waals surface area contributed by atoms with Gasteiger partial charge in [-0.1, -0.05) is 30.3 Å². The van der Waals surface area contributed by atoms with Crippen LogP contribution in [-0.4, -0.2) is 31.6 Å². The molecule has 0 aromatic heterocycles. The third-order valence-electron chi connectivity index (χ3n) is 4.24. The lowest BCUT2D eigenvalue weighted by Gasteiger charge is -2.29. The van der Waals surface area contributed by atoms with Crippen LogP contribution in [0.25, 0.3) is 0 Å². The van der Waals surface area contributed by atoms with Gasteiger partial charge in [0, 0.05) is 12.1 Å². The number of likely N-dealkylation sites (N-methyl/N-ethyl adjacent to an activating group) is 1. The number of carbonyl (C=O) groups is 1. The molecule has 0 heterocycles. The van der Waals surface area contributed by atoms with E-state index in [1.165, 1.54) is 0 Å². The number of nitrogens with zero attached hydrogens (tertiary/aromatic N) is 1. The van der Waals surface area contributed by atoms with E-state index in [0.29, 0.717) is 13.0 Å². The van der Waals surface area contributed by atoms with Gasteiger partial charge in [-0.25, -0.2) is 0 Å². The molecule has 2 rings (SSSR count). The minimum absolute atomic E-state index is 0.0210. The van der Waals surface area contributed by atoms with E-state index in [0.717, 1.165) is 22.6 Å². The first-order valence-electron chi connectivity index (χ1n) is 8.16. The molecule has 2 aromatic rings. The Kier molecular flexibility index (Phi) is 6.24. The molecule has 1 unspecified atom stereocenters. The average Bonchev–Trinajstić information content (AvgIpc) is 2.62. The Hall–Kier alpha value is -2.49. The number of benzene rings is 2. The van der Waals surface area contributed by atoms with Gasteiger partial charge < -0.3 is 14.4 Å². The van der Waals surface area contributed by atoms with Crippen LogP contribution in [0.3, 0.4) is 0 Å². The van der Waals surface area contributed by atoms with Gasteiger partial charge in [0.25, 0.3) is 0 Å². The summed E-state index contributed by atoms with van der Waals surface area (Å²) in [4.78, 5) is 14.7. The van der Waals surface area contributed by atoms with E-state index in [2.05, 4.69) is 0 Å². The molecule has 0 radical (unpaired) electrons.